The minimum atomic E-state index is -4.48. The van der Waals surface area contributed by atoms with Crippen LogP contribution in [-0.2, 0) is 0 Å². The fourth-order valence-electron chi connectivity index (χ4n) is 1.22. The van der Waals surface area contributed by atoms with Crippen LogP contribution in [0.1, 0.15) is 24.9 Å². The molecule has 0 fully saturated rings. The number of rotatable bonds is 5. The molecule has 0 heterocycles. The van der Waals surface area contributed by atoms with Crippen LogP contribution in [0.3, 0.4) is 0 Å². The van der Waals surface area contributed by atoms with Crippen LogP contribution in [0.2, 0.25) is 0 Å². The number of ether oxygens (including phenoxy) is 1. The number of nitrogens with two attached hydrogens (primary N) is 1. The summed E-state index contributed by atoms with van der Waals surface area (Å²) >= 11 is 0. The number of benzene rings is 1. The lowest BCUT2D eigenvalue weighted by atomic mass is 10.1. The summed E-state index contributed by atoms with van der Waals surface area (Å²) in [7, 11) is 0. The van der Waals surface area contributed by atoms with Crippen molar-refractivity contribution in [2.45, 2.75) is 31.9 Å². The second kappa shape index (κ2) is 6.80. The van der Waals surface area contributed by atoms with E-state index in [1.165, 1.54) is 24.3 Å². The van der Waals surface area contributed by atoms with Crippen LogP contribution in [0.4, 0.5) is 17.6 Å². The molecule has 1 aromatic carbocycles. The van der Waals surface area contributed by atoms with Crippen LogP contribution < -0.4 is 10.5 Å². The smallest absolute Gasteiger partial charge is 0.428 e. The molecule has 1 atom stereocenters. The Morgan fingerprint density at radius 2 is 1.72 bits per heavy atom. The maximum atomic E-state index is 12.6. The Morgan fingerprint density at radius 3 is 2.11 bits per heavy atom. The Balaban J connectivity index is 0.00000289. The first kappa shape index (κ1) is 17.0. The van der Waals surface area contributed by atoms with E-state index < -0.39 is 12.5 Å². The third-order valence-corrected chi connectivity index (χ3v) is 2.26. The van der Waals surface area contributed by atoms with Gasteiger partial charge in [-0.1, -0.05) is 19.1 Å². The molecule has 104 valence electrons. The second-order valence-electron chi connectivity index (χ2n) is 3.55. The van der Waals surface area contributed by atoms with Gasteiger partial charge in [0.15, 0.2) is 0 Å². The van der Waals surface area contributed by atoms with Gasteiger partial charge in [-0.15, -0.1) is 12.4 Å². The zero-order valence-electron chi connectivity index (χ0n) is 9.58. The monoisotopic (exact) mass is 287 g/mol. The number of hydrogen-bond acceptors (Lipinski definition) is 2. The lowest BCUT2D eigenvalue weighted by Gasteiger charge is -2.17. The van der Waals surface area contributed by atoms with Gasteiger partial charge in [-0.05, 0) is 24.1 Å². The van der Waals surface area contributed by atoms with Gasteiger partial charge in [0.05, 0.1) is 0 Å². The van der Waals surface area contributed by atoms with E-state index in [2.05, 4.69) is 4.74 Å². The highest BCUT2D eigenvalue weighted by Crippen LogP contribution is 2.28. The molecule has 0 unspecified atom stereocenters. The van der Waals surface area contributed by atoms with E-state index in [0.29, 0.717) is 6.42 Å². The SMILES string of the molecule is CC[C@@H](N)c1ccc(OC(F)(F)C(F)F)cc1.Cl. The minimum Gasteiger partial charge on any atom is -0.428 e. The van der Waals surface area contributed by atoms with Gasteiger partial charge >= 0.3 is 12.5 Å². The fraction of sp³-hybridized carbons (Fsp3) is 0.455. The summed E-state index contributed by atoms with van der Waals surface area (Å²) in [5.74, 6) is -0.317. The molecule has 7 heteroatoms. The van der Waals surface area contributed by atoms with Gasteiger partial charge in [-0.25, -0.2) is 0 Å². The first-order valence-corrected chi connectivity index (χ1v) is 5.07. The van der Waals surface area contributed by atoms with Crippen molar-refractivity contribution in [3.8, 4) is 5.75 Å². The van der Waals surface area contributed by atoms with Crippen LogP contribution in [0.25, 0.3) is 0 Å². The summed E-state index contributed by atoms with van der Waals surface area (Å²) < 4.78 is 52.8. The Labute approximate surface area is 109 Å². The maximum Gasteiger partial charge on any atom is 0.461 e. The molecule has 0 radical (unpaired) electrons. The highest BCUT2D eigenvalue weighted by molar-refractivity contribution is 5.85. The average molecular weight is 288 g/mol. The average Bonchev–Trinajstić information content (AvgIpc) is 2.28. The molecule has 0 aliphatic carbocycles. The summed E-state index contributed by atoms with van der Waals surface area (Å²) in [5, 5.41) is 0. The van der Waals surface area contributed by atoms with Crippen molar-refractivity contribution in [1.29, 1.82) is 0 Å². The number of halogens is 5. The summed E-state index contributed by atoms with van der Waals surface area (Å²) in [6, 6.07) is 5.14. The van der Waals surface area contributed by atoms with E-state index in [-0.39, 0.29) is 24.2 Å². The van der Waals surface area contributed by atoms with Crippen molar-refractivity contribution in [3.63, 3.8) is 0 Å². The third-order valence-electron chi connectivity index (χ3n) is 2.26. The molecule has 0 aliphatic heterocycles. The van der Waals surface area contributed by atoms with Crippen LogP contribution in [0.15, 0.2) is 24.3 Å². The predicted octanol–water partition coefficient (Wildman–Crippen LogP) is 3.75. The molecule has 0 bridgehead atoms. The highest BCUT2D eigenvalue weighted by Gasteiger charge is 2.43. The van der Waals surface area contributed by atoms with Crippen LogP contribution in [0.5, 0.6) is 5.75 Å². The molecule has 0 amide bonds. The van der Waals surface area contributed by atoms with Gasteiger partial charge < -0.3 is 10.5 Å². The molecule has 0 aromatic heterocycles. The van der Waals surface area contributed by atoms with Crippen molar-refractivity contribution in [1.82, 2.24) is 0 Å². The Bertz CT molecular complexity index is 359. The minimum absolute atomic E-state index is 0. The van der Waals surface area contributed by atoms with Gasteiger partial charge in [-0.2, -0.15) is 17.6 Å². The van der Waals surface area contributed by atoms with Gasteiger partial charge in [0, 0.05) is 6.04 Å². The summed E-state index contributed by atoms with van der Waals surface area (Å²) in [5.41, 5.74) is 6.45. The zero-order chi connectivity index (χ0) is 13.1. The normalized spacial score (nSPS) is 13.1. The number of alkyl halides is 4. The molecule has 1 rings (SSSR count). The summed E-state index contributed by atoms with van der Waals surface area (Å²) in [6.45, 7) is 1.88. The molecule has 1 aromatic rings. The van der Waals surface area contributed by atoms with E-state index in [4.69, 9.17) is 5.73 Å². The summed E-state index contributed by atoms with van der Waals surface area (Å²) in [4.78, 5) is 0. The van der Waals surface area contributed by atoms with E-state index in [1.807, 2.05) is 6.92 Å². The Hall–Kier alpha value is -1.01. The molecular formula is C11H14ClF4NO. The molecule has 2 N–H and O–H groups in total. The maximum absolute atomic E-state index is 12.6. The third kappa shape index (κ3) is 4.34. The van der Waals surface area contributed by atoms with Crippen LogP contribution in [0, 0.1) is 0 Å². The second-order valence-corrected chi connectivity index (χ2v) is 3.55. The van der Waals surface area contributed by atoms with Crippen LogP contribution >= 0.6 is 12.4 Å². The van der Waals surface area contributed by atoms with Crippen molar-refractivity contribution in [2.24, 2.45) is 5.73 Å². The molecule has 18 heavy (non-hydrogen) atoms. The Morgan fingerprint density at radius 1 is 1.22 bits per heavy atom. The first-order chi connectivity index (χ1) is 7.86. The Kier molecular flexibility index (Phi) is 6.42. The van der Waals surface area contributed by atoms with Gasteiger partial charge in [0.25, 0.3) is 0 Å². The van der Waals surface area contributed by atoms with E-state index >= 15 is 0 Å². The lowest BCUT2D eigenvalue weighted by Crippen LogP contribution is -2.33. The lowest BCUT2D eigenvalue weighted by molar-refractivity contribution is -0.253. The molecule has 0 saturated carbocycles. The van der Waals surface area contributed by atoms with Gasteiger partial charge in [0.2, 0.25) is 0 Å². The van der Waals surface area contributed by atoms with Gasteiger partial charge in [0.1, 0.15) is 5.75 Å². The van der Waals surface area contributed by atoms with Crippen molar-refractivity contribution >= 4 is 12.4 Å². The van der Waals surface area contributed by atoms with E-state index in [9.17, 15) is 17.6 Å². The van der Waals surface area contributed by atoms with E-state index in [1.54, 1.807) is 0 Å². The number of hydrogen-bond donors (Lipinski definition) is 1. The van der Waals surface area contributed by atoms with Gasteiger partial charge in [-0.3, -0.25) is 0 Å². The predicted molar refractivity (Wildman–Crippen MR) is 62.5 cm³/mol. The highest BCUT2D eigenvalue weighted by atomic mass is 35.5. The van der Waals surface area contributed by atoms with Crippen molar-refractivity contribution in [3.05, 3.63) is 29.8 Å². The van der Waals surface area contributed by atoms with Crippen LogP contribution in [-0.4, -0.2) is 12.5 Å². The zero-order valence-corrected chi connectivity index (χ0v) is 10.4. The van der Waals surface area contributed by atoms with E-state index in [0.717, 1.165) is 5.56 Å². The quantitative estimate of drug-likeness (QED) is 0.837. The molecule has 2 nitrogen and oxygen atoms in total. The molecular weight excluding hydrogens is 274 g/mol. The molecule has 0 saturated heterocycles. The molecule has 0 spiro atoms. The van der Waals surface area contributed by atoms with Crippen molar-refractivity contribution < 1.29 is 22.3 Å². The first-order valence-electron chi connectivity index (χ1n) is 5.07. The van der Waals surface area contributed by atoms with Crippen molar-refractivity contribution in [2.75, 3.05) is 0 Å². The fourth-order valence-corrected chi connectivity index (χ4v) is 1.22. The summed E-state index contributed by atoms with van der Waals surface area (Å²) in [6.07, 6.45) is -7.65. The topological polar surface area (TPSA) is 35.2 Å². The molecule has 0 aliphatic rings. The standard InChI is InChI=1S/C11H13F4NO.ClH/c1-2-9(16)7-3-5-8(6-4-7)17-11(14,15)10(12)13;/h3-6,9-10H,2,16H2,1H3;1H/t9-;/m1./s1. The largest absolute Gasteiger partial charge is 0.461 e.